The van der Waals surface area contributed by atoms with E-state index in [1.165, 1.54) is 26.4 Å². The van der Waals surface area contributed by atoms with E-state index in [-0.39, 0.29) is 17.9 Å². The molecular formula is C15H23NO5. The molecule has 2 N–H and O–H groups in total. The number of benzene rings is 1. The zero-order chi connectivity index (χ0) is 15.8. The number of ether oxygens (including phenoxy) is 4. The van der Waals surface area contributed by atoms with Crippen molar-refractivity contribution in [1.29, 1.82) is 0 Å². The number of rotatable bonds is 8. The highest BCUT2D eigenvalue weighted by Crippen LogP contribution is 2.32. The molecule has 1 aromatic carbocycles. The van der Waals surface area contributed by atoms with E-state index in [1.54, 1.807) is 0 Å². The molecule has 0 bridgehead atoms. The fraction of sp³-hybridized carbons (Fsp3) is 0.533. The van der Waals surface area contributed by atoms with Crippen molar-refractivity contribution < 1.29 is 23.7 Å². The highest BCUT2D eigenvalue weighted by molar-refractivity contribution is 5.96. The molecule has 1 rings (SSSR count). The van der Waals surface area contributed by atoms with Gasteiger partial charge in [0.1, 0.15) is 6.61 Å². The first kappa shape index (κ1) is 17.1. The standard InChI is InChI=1S/C15H23NO5/c1-10(2)9-20-5-6-21-15(17)11-7-13(18-3)14(19-4)8-12(11)16/h7-8,10H,5-6,9,16H2,1-4H3. The topological polar surface area (TPSA) is 80.0 Å². The Morgan fingerprint density at radius 1 is 1.14 bits per heavy atom. The summed E-state index contributed by atoms with van der Waals surface area (Å²) in [7, 11) is 2.99. The summed E-state index contributed by atoms with van der Waals surface area (Å²) in [6.45, 7) is 5.28. The zero-order valence-corrected chi connectivity index (χ0v) is 13.0. The van der Waals surface area contributed by atoms with Gasteiger partial charge < -0.3 is 24.7 Å². The van der Waals surface area contributed by atoms with E-state index in [0.29, 0.717) is 30.6 Å². The average Bonchev–Trinajstić information content (AvgIpc) is 2.45. The summed E-state index contributed by atoms with van der Waals surface area (Å²) < 4.78 is 20.7. The maximum Gasteiger partial charge on any atom is 0.340 e. The molecule has 118 valence electrons. The van der Waals surface area contributed by atoms with Crippen molar-refractivity contribution in [1.82, 2.24) is 0 Å². The predicted molar refractivity (Wildman–Crippen MR) is 79.9 cm³/mol. The van der Waals surface area contributed by atoms with E-state index >= 15 is 0 Å². The Bertz CT molecular complexity index is 473. The van der Waals surface area contributed by atoms with E-state index in [1.807, 2.05) is 0 Å². The van der Waals surface area contributed by atoms with E-state index in [4.69, 9.17) is 24.7 Å². The second-order valence-electron chi connectivity index (χ2n) is 4.90. The molecule has 0 aliphatic heterocycles. The summed E-state index contributed by atoms with van der Waals surface area (Å²) in [5.74, 6) is 0.824. The molecule has 0 heterocycles. The Morgan fingerprint density at radius 2 is 1.76 bits per heavy atom. The molecule has 0 spiro atoms. The molecule has 0 aliphatic carbocycles. The number of carbonyl (C=O) groups is 1. The molecule has 1 aromatic rings. The second kappa shape index (κ2) is 8.36. The first-order valence-corrected chi connectivity index (χ1v) is 6.76. The van der Waals surface area contributed by atoms with Crippen molar-refractivity contribution in [3.8, 4) is 11.5 Å². The van der Waals surface area contributed by atoms with Gasteiger partial charge in [0.2, 0.25) is 0 Å². The van der Waals surface area contributed by atoms with Crippen LogP contribution in [0.2, 0.25) is 0 Å². The molecule has 0 saturated carbocycles. The van der Waals surface area contributed by atoms with E-state index in [0.717, 1.165) is 0 Å². The minimum atomic E-state index is -0.512. The van der Waals surface area contributed by atoms with E-state index < -0.39 is 5.97 Å². The second-order valence-corrected chi connectivity index (χ2v) is 4.90. The van der Waals surface area contributed by atoms with Gasteiger partial charge in [-0.25, -0.2) is 4.79 Å². The molecule has 0 unspecified atom stereocenters. The van der Waals surface area contributed by atoms with Crippen LogP contribution in [0, 0.1) is 5.92 Å². The normalized spacial score (nSPS) is 10.5. The lowest BCUT2D eigenvalue weighted by Gasteiger charge is -2.12. The lowest BCUT2D eigenvalue weighted by molar-refractivity contribution is 0.0278. The number of nitrogen functional groups attached to an aromatic ring is 1. The largest absolute Gasteiger partial charge is 0.493 e. The van der Waals surface area contributed by atoms with Gasteiger partial charge in [-0.15, -0.1) is 0 Å². The third kappa shape index (κ3) is 5.15. The number of hydrogen-bond donors (Lipinski definition) is 1. The van der Waals surface area contributed by atoms with Crippen molar-refractivity contribution in [3.05, 3.63) is 17.7 Å². The highest BCUT2D eigenvalue weighted by atomic mass is 16.6. The molecule has 6 heteroatoms. The van der Waals surface area contributed by atoms with Crippen molar-refractivity contribution in [2.24, 2.45) is 5.92 Å². The van der Waals surface area contributed by atoms with E-state index in [9.17, 15) is 4.79 Å². The summed E-state index contributed by atoms with van der Waals surface area (Å²) in [4.78, 5) is 12.0. The monoisotopic (exact) mass is 297 g/mol. The predicted octanol–water partition coefficient (Wildman–Crippen LogP) is 2.12. The Balaban J connectivity index is 2.61. The number of anilines is 1. The van der Waals surface area contributed by atoms with Gasteiger partial charge in [0, 0.05) is 18.7 Å². The fourth-order valence-corrected chi connectivity index (χ4v) is 1.66. The van der Waals surface area contributed by atoms with Gasteiger partial charge in [-0.05, 0) is 5.92 Å². The van der Waals surface area contributed by atoms with Gasteiger partial charge in [-0.1, -0.05) is 13.8 Å². The number of hydrogen-bond acceptors (Lipinski definition) is 6. The molecular weight excluding hydrogens is 274 g/mol. The third-order valence-corrected chi connectivity index (χ3v) is 2.69. The molecule has 0 saturated heterocycles. The molecule has 0 amide bonds. The van der Waals surface area contributed by atoms with Crippen molar-refractivity contribution >= 4 is 11.7 Å². The molecule has 0 atom stereocenters. The van der Waals surface area contributed by atoms with Crippen LogP contribution < -0.4 is 15.2 Å². The lowest BCUT2D eigenvalue weighted by Crippen LogP contribution is -2.14. The Hall–Kier alpha value is -1.95. The smallest absolute Gasteiger partial charge is 0.340 e. The van der Waals surface area contributed by atoms with Crippen LogP contribution in [0.3, 0.4) is 0 Å². The Kier molecular flexibility index (Phi) is 6.81. The van der Waals surface area contributed by atoms with Crippen LogP contribution in [-0.2, 0) is 9.47 Å². The minimum Gasteiger partial charge on any atom is -0.493 e. The summed E-state index contributed by atoms with van der Waals surface area (Å²) in [6.07, 6.45) is 0. The van der Waals surface area contributed by atoms with Gasteiger partial charge in [-0.2, -0.15) is 0 Å². The van der Waals surface area contributed by atoms with Crippen molar-refractivity contribution in [2.45, 2.75) is 13.8 Å². The quantitative estimate of drug-likeness (QED) is 0.450. The van der Waals surface area contributed by atoms with Crippen LogP contribution in [0.1, 0.15) is 24.2 Å². The number of esters is 1. The first-order chi connectivity index (χ1) is 9.99. The summed E-state index contributed by atoms with van der Waals surface area (Å²) in [5, 5.41) is 0. The maximum absolute atomic E-state index is 12.0. The maximum atomic E-state index is 12.0. The van der Waals surface area contributed by atoms with Gasteiger partial charge >= 0.3 is 5.97 Å². The number of methoxy groups -OCH3 is 2. The molecule has 6 nitrogen and oxygen atoms in total. The van der Waals surface area contributed by atoms with Gasteiger partial charge in [0.05, 0.1) is 32.1 Å². The van der Waals surface area contributed by atoms with Crippen LogP contribution in [0.5, 0.6) is 11.5 Å². The van der Waals surface area contributed by atoms with Crippen LogP contribution in [0.15, 0.2) is 12.1 Å². The van der Waals surface area contributed by atoms with Crippen molar-refractivity contribution in [3.63, 3.8) is 0 Å². The molecule has 21 heavy (non-hydrogen) atoms. The van der Waals surface area contributed by atoms with Crippen LogP contribution in [0.4, 0.5) is 5.69 Å². The Morgan fingerprint density at radius 3 is 2.33 bits per heavy atom. The molecule has 0 fully saturated rings. The summed E-state index contributed by atoms with van der Waals surface area (Å²) in [6, 6.07) is 3.04. The van der Waals surface area contributed by atoms with Crippen LogP contribution in [0.25, 0.3) is 0 Å². The summed E-state index contributed by atoms with van der Waals surface area (Å²) in [5.41, 5.74) is 6.35. The van der Waals surface area contributed by atoms with Gasteiger partial charge in [0.25, 0.3) is 0 Å². The molecule has 0 radical (unpaired) electrons. The van der Waals surface area contributed by atoms with Crippen LogP contribution in [-0.4, -0.2) is 40.0 Å². The SMILES string of the molecule is COc1cc(N)c(C(=O)OCCOCC(C)C)cc1OC. The minimum absolute atomic E-state index is 0.180. The molecule has 0 aromatic heterocycles. The van der Waals surface area contributed by atoms with Crippen LogP contribution >= 0.6 is 0 Å². The first-order valence-electron chi connectivity index (χ1n) is 6.76. The fourth-order valence-electron chi connectivity index (χ4n) is 1.66. The highest BCUT2D eigenvalue weighted by Gasteiger charge is 2.16. The Labute approximate surface area is 125 Å². The van der Waals surface area contributed by atoms with E-state index in [2.05, 4.69) is 13.8 Å². The average molecular weight is 297 g/mol. The van der Waals surface area contributed by atoms with Gasteiger partial charge in [-0.3, -0.25) is 0 Å². The zero-order valence-electron chi connectivity index (χ0n) is 13.0. The number of carbonyl (C=O) groups excluding carboxylic acids is 1. The number of nitrogens with two attached hydrogens (primary N) is 1. The third-order valence-electron chi connectivity index (χ3n) is 2.69. The summed E-state index contributed by atoms with van der Waals surface area (Å²) >= 11 is 0. The van der Waals surface area contributed by atoms with Gasteiger partial charge in [0.15, 0.2) is 11.5 Å². The lowest BCUT2D eigenvalue weighted by atomic mass is 10.1. The van der Waals surface area contributed by atoms with Crippen molar-refractivity contribution in [2.75, 3.05) is 39.8 Å². The molecule has 0 aliphatic rings.